The van der Waals surface area contributed by atoms with Crippen LogP contribution in [0.2, 0.25) is 0 Å². The molecule has 0 fully saturated rings. The first-order valence-electron chi connectivity index (χ1n) is 31.6. The molecule has 4 aliphatic heterocycles. The zero-order valence-electron chi connectivity index (χ0n) is 56.1. The van der Waals surface area contributed by atoms with Crippen LogP contribution in [0.25, 0.3) is 93.1 Å². The van der Waals surface area contributed by atoms with E-state index in [9.17, 15) is 0 Å². The summed E-state index contributed by atoms with van der Waals surface area (Å²) in [5.41, 5.74) is 17.2. The van der Waals surface area contributed by atoms with E-state index in [1.165, 1.54) is 39.0 Å². The van der Waals surface area contributed by atoms with E-state index in [-0.39, 0.29) is 27.4 Å². The third-order valence-corrected chi connectivity index (χ3v) is 17.6. The summed E-state index contributed by atoms with van der Waals surface area (Å²) in [4.78, 5) is 25.9. The Labute approximate surface area is 527 Å². The molecule has 0 radical (unpaired) electrons. The summed E-state index contributed by atoms with van der Waals surface area (Å²) in [7, 11) is 16.4. The van der Waals surface area contributed by atoms with E-state index in [1.54, 1.807) is 31.0 Å². The minimum Gasteiger partial charge on any atom is -0.439 e. The minimum absolute atomic E-state index is 0.0298. The van der Waals surface area contributed by atoms with Crippen molar-refractivity contribution in [3.63, 3.8) is 0 Å². The van der Waals surface area contributed by atoms with Crippen LogP contribution >= 0.6 is 0 Å². The van der Waals surface area contributed by atoms with Gasteiger partial charge in [0.2, 0.25) is 22.9 Å². The molecular formula is C70H72B4N12O4+4. The largest absolute Gasteiger partial charge is 0.439 e. The fourth-order valence-electron chi connectivity index (χ4n) is 12.6. The van der Waals surface area contributed by atoms with E-state index < -0.39 is 6.85 Å². The van der Waals surface area contributed by atoms with Crippen LogP contribution in [-0.2, 0) is 28.2 Å². The van der Waals surface area contributed by atoms with Crippen molar-refractivity contribution in [1.82, 2.24) is 39.2 Å². The summed E-state index contributed by atoms with van der Waals surface area (Å²) < 4.78 is 55.1. The molecule has 90 heavy (non-hydrogen) atoms. The molecule has 4 aliphatic rings. The second-order valence-electron chi connectivity index (χ2n) is 24.1. The number of hydrogen-bond donors (Lipinski definition) is 0. The Balaban J connectivity index is 0.000000113. The zero-order valence-corrected chi connectivity index (χ0v) is 53.1. The number of nitrogens with zero attached hydrogens (tertiary/aromatic N) is 12. The first kappa shape index (κ1) is 55.1. The maximum absolute atomic E-state index is 7.71. The van der Waals surface area contributed by atoms with Crippen molar-refractivity contribution in [3.05, 3.63) is 210 Å². The Morgan fingerprint density at radius 1 is 0.378 bits per heavy atom. The lowest BCUT2D eigenvalue weighted by molar-refractivity contribution is -0.654. The summed E-state index contributed by atoms with van der Waals surface area (Å²) in [5.74, 6) is 8.85. The number of furan rings is 4. The van der Waals surface area contributed by atoms with Crippen LogP contribution < -0.4 is 83.2 Å². The number of hydrogen-bond acceptors (Lipinski definition) is 12. The van der Waals surface area contributed by atoms with Gasteiger partial charge in [-0.1, -0.05) is 17.9 Å². The molecule has 0 amide bonds. The highest BCUT2D eigenvalue weighted by atomic mass is 16.3. The van der Waals surface area contributed by atoms with Crippen molar-refractivity contribution < 1.29 is 40.0 Å². The molecule has 0 spiro atoms. The molecule has 0 saturated carbocycles. The van der Waals surface area contributed by atoms with Crippen molar-refractivity contribution in [1.29, 1.82) is 0 Å². The lowest BCUT2D eigenvalue weighted by Crippen LogP contribution is -2.61. The highest BCUT2D eigenvalue weighted by molar-refractivity contribution is 6.84. The van der Waals surface area contributed by atoms with E-state index in [4.69, 9.17) is 21.8 Å². The third kappa shape index (κ3) is 11.0. The molecule has 16 rings (SSSR count). The van der Waals surface area contributed by atoms with Crippen molar-refractivity contribution in [2.24, 2.45) is 28.2 Å². The van der Waals surface area contributed by atoms with Gasteiger partial charge in [0.1, 0.15) is 33.6 Å². The summed E-state index contributed by atoms with van der Waals surface area (Å²) in [5, 5.41) is 8.58. The molecule has 0 aromatic carbocycles. The highest BCUT2D eigenvalue weighted by Gasteiger charge is 2.35. The molecule has 12 aromatic rings. The minimum atomic E-state index is -2.12. The maximum Gasteiger partial charge on any atom is 0.399 e. The van der Waals surface area contributed by atoms with Gasteiger partial charge in [0.05, 0.1) is 0 Å². The Bertz CT molecular complexity index is 5520. The van der Waals surface area contributed by atoms with E-state index in [0.29, 0.717) is 28.4 Å². The Morgan fingerprint density at radius 2 is 0.767 bits per heavy atom. The van der Waals surface area contributed by atoms with Gasteiger partial charge in [-0.25, -0.2) is 38.2 Å². The molecular weight excluding hydrogens is 1120 g/mol. The molecule has 0 N–H and O–H groups in total. The van der Waals surface area contributed by atoms with E-state index in [2.05, 4.69) is 232 Å². The standard InChI is InChI=1S/2C18H19BN3O.2C17H17BN3O/c1-12-8-17(21(3)10-13(12)2)19-9-16-15(11-22(19)4)14-6-5-7-20-18(14)23-16;1-12-8-17(21(3)10-13(12)2)19-9-15-14-6-5-7-20-18(14)23-16(15)11-22(19)4;1-12-6-7-16(20(2)10-12)18-9-14-13-5-4-8-19-17(13)22-15(14)11-21(18)3;1-12-6-8-20(2)16(9-12)18-10-14-13-5-4-7-19-17(13)22-15(14)11-21(18)3/h2*5-11H,1-4H3;2*4-11H,1-3H3/q4*+1/i;2D3;;. The molecule has 444 valence electrons. The average Bonchev–Trinajstić information content (AvgIpc) is 1.69. The van der Waals surface area contributed by atoms with Crippen LogP contribution in [0.15, 0.2) is 152 Å². The Morgan fingerprint density at radius 3 is 1.23 bits per heavy atom. The SMILES string of the molecule is Cc1cc(B2C=c3oc4ncccc4c3=CN2C)[n+](C)cc1C.Cc1cc[n+](C)c(B2C=c3c(oc4ncccc34)=CN2C)c1.Cc1ccc(B2C=c3c(oc4ncccc34)=CN2C)[n+](C)c1.[2H]C([2H])([2H])c1c[n+](C)c(B2C=c3c(oc4ncccc34)=CN2C)cc1C. The number of aryl methyl sites for hydroxylation is 10. The molecule has 0 bridgehead atoms. The van der Waals surface area contributed by atoms with Gasteiger partial charge in [-0.2, -0.15) is 0 Å². The van der Waals surface area contributed by atoms with E-state index >= 15 is 0 Å². The van der Waals surface area contributed by atoms with Crippen LogP contribution in [0.5, 0.6) is 0 Å². The third-order valence-electron chi connectivity index (χ3n) is 17.6. The monoisotopic (exact) mass is 1190 g/mol. The predicted octanol–water partition coefficient (Wildman–Crippen LogP) is 0.0669. The molecule has 0 unspecified atom stereocenters. The van der Waals surface area contributed by atoms with Crippen LogP contribution in [0.1, 0.15) is 37.5 Å². The zero-order chi connectivity index (χ0) is 65.3. The van der Waals surface area contributed by atoms with Crippen molar-refractivity contribution in [3.8, 4) is 0 Å². The van der Waals surface area contributed by atoms with Crippen LogP contribution in [0, 0.1) is 41.5 Å². The smallest absolute Gasteiger partial charge is 0.399 e. The predicted molar refractivity (Wildman–Crippen MR) is 360 cm³/mol. The van der Waals surface area contributed by atoms with E-state index in [0.717, 1.165) is 75.2 Å². The Kier molecular flexibility index (Phi) is 14.5. The van der Waals surface area contributed by atoms with Crippen molar-refractivity contribution in [2.75, 3.05) is 28.2 Å². The van der Waals surface area contributed by atoms with Crippen LogP contribution in [0.3, 0.4) is 0 Å². The maximum atomic E-state index is 7.71. The van der Waals surface area contributed by atoms with Gasteiger partial charge in [-0.05, 0) is 159 Å². The lowest BCUT2D eigenvalue weighted by atomic mass is 9.55. The lowest BCUT2D eigenvalue weighted by Gasteiger charge is -2.21. The fraction of sp³-hybridized carbons (Fsp3) is 0.200. The van der Waals surface area contributed by atoms with Gasteiger partial charge in [0.15, 0.2) is 63.4 Å². The molecule has 0 atom stereocenters. The fourth-order valence-corrected chi connectivity index (χ4v) is 12.6. The molecule has 16 nitrogen and oxygen atoms in total. The first-order valence-corrected chi connectivity index (χ1v) is 30.1. The van der Waals surface area contributed by atoms with Gasteiger partial charge in [0.25, 0.3) is 0 Å². The number of aromatic nitrogens is 8. The first-order chi connectivity index (χ1) is 44.6. The van der Waals surface area contributed by atoms with Gasteiger partial charge in [0, 0.05) is 131 Å². The quantitative estimate of drug-likeness (QED) is 0.175. The summed E-state index contributed by atoms with van der Waals surface area (Å²) in [6, 6.07) is 28.8. The number of fused-ring (bicyclic) bond motifs is 12. The van der Waals surface area contributed by atoms with Gasteiger partial charge < -0.3 is 36.9 Å². The molecule has 0 aliphatic carbocycles. The Hall–Kier alpha value is -10.2. The number of rotatable bonds is 4. The molecule has 20 heteroatoms. The average molecular weight is 1190 g/mol. The van der Waals surface area contributed by atoms with Gasteiger partial charge >= 0.3 is 27.4 Å². The number of pyridine rings is 8. The summed E-state index contributed by atoms with van der Waals surface area (Å²) >= 11 is 0. The normalized spacial score (nSPS) is 14.4. The molecule has 16 heterocycles. The van der Waals surface area contributed by atoms with Crippen molar-refractivity contribution >= 4 is 143 Å². The summed E-state index contributed by atoms with van der Waals surface area (Å²) in [6.07, 6.45) is 23.4. The molecule has 12 aromatic heterocycles. The van der Waals surface area contributed by atoms with Crippen LogP contribution in [0.4, 0.5) is 0 Å². The molecule has 0 saturated heterocycles. The van der Waals surface area contributed by atoms with Gasteiger partial charge in [-0.15, -0.1) is 0 Å². The van der Waals surface area contributed by atoms with Gasteiger partial charge in [-0.3, -0.25) is 0 Å². The highest BCUT2D eigenvalue weighted by Crippen LogP contribution is 2.13. The van der Waals surface area contributed by atoms with E-state index in [1.807, 2.05) is 68.2 Å². The second kappa shape index (κ2) is 23.7. The summed E-state index contributed by atoms with van der Waals surface area (Å²) in [6.45, 7) is 8.73. The topological polar surface area (TPSA) is 133 Å². The van der Waals surface area contributed by atoms with Crippen LogP contribution in [-0.4, -0.2) is 94.8 Å². The van der Waals surface area contributed by atoms with Crippen molar-refractivity contribution in [2.45, 2.75) is 41.5 Å². The second-order valence-corrected chi connectivity index (χ2v) is 24.1.